The Morgan fingerprint density at radius 2 is 0.642 bits per heavy atom. The predicted octanol–water partition coefficient (Wildman–Crippen LogP) is 5.19. The van der Waals surface area contributed by atoms with E-state index in [9.17, 15) is 22.9 Å². The lowest BCUT2D eigenvalue weighted by Crippen LogP contribution is -2.35. The fourth-order valence-electron chi connectivity index (χ4n) is 5.93. The average molecular weight is 791 g/mol. The summed E-state index contributed by atoms with van der Waals surface area (Å²) in [7, 11) is -14.1. The third kappa shape index (κ3) is 12.0. The molecule has 0 radical (unpaired) electrons. The van der Waals surface area contributed by atoms with Crippen molar-refractivity contribution in [2.24, 2.45) is 0 Å². The van der Waals surface area contributed by atoms with Crippen LogP contribution in [0.4, 0.5) is 0 Å². The minimum Gasteiger partial charge on any atom is -0.759 e. The van der Waals surface area contributed by atoms with Gasteiger partial charge in [-0.1, -0.05) is 117 Å². The quantitative estimate of drug-likeness (QED) is 0.108. The molecule has 0 fully saturated rings. The van der Waals surface area contributed by atoms with E-state index in [2.05, 4.69) is 36.4 Å². The van der Waals surface area contributed by atoms with Gasteiger partial charge in [-0.25, -0.2) is 4.79 Å². The van der Waals surface area contributed by atoms with E-state index < -0.39 is 41.0 Å². The largest absolute Gasteiger partial charge is 0.759 e. The number of carboxylic acids is 1. The summed E-state index contributed by atoms with van der Waals surface area (Å²) in [5.41, 5.74) is -0.308. The van der Waals surface area contributed by atoms with E-state index in [0.29, 0.717) is 0 Å². The number of carbonyl (C=O) groups is 1. The van der Waals surface area contributed by atoms with Crippen molar-refractivity contribution in [1.29, 1.82) is 0 Å². The summed E-state index contributed by atoms with van der Waals surface area (Å²) >= 11 is 0. The fraction of sp³-hybridized carbons (Fsp3) is 0.0750. The maximum absolute atomic E-state index is 12.0. The van der Waals surface area contributed by atoms with Crippen LogP contribution in [0.1, 0.15) is 7.43 Å². The summed E-state index contributed by atoms with van der Waals surface area (Å²) in [5, 5.41) is 15.7. The molecule has 2 N–H and O–H groups in total. The van der Waals surface area contributed by atoms with Crippen LogP contribution in [-0.4, -0.2) is 53.2 Å². The van der Waals surface area contributed by atoms with Gasteiger partial charge in [-0.2, -0.15) is 8.42 Å². The molecular formula is C40H40O9P2S2. The topological polar surface area (TPSA) is 172 Å². The minimum absolute atomic E-state index is 0. The van der Waals surface area contributed by atoms with Crippen LogP contribution in [0.5, 0.6) is 0 Å². The maximum atomic E-state index is 12.0. The van der Waals surface area contributed by atoms with Crippen molar-refractivity contribution in [3.8, 4) is 0 Å². The van der Waals surface area contributed by atoms with Crippen molar-refractivity contribution in [2.45, 2.75) is 7.43 Å². The molecule has 13 heteroatoms. The molecule has 0 bridgehead atoms. The Balaban J connectivity index is 0.000000249. The molecule has 0 unspecified atom stereocenters. The van der Waals surface area contributed by atoms with E-state index in [-0.39, 0.29) is 19.1 Å². The molecule has 0 saturated carbocycles. The Morgan fingerprint density at radius 1 is 0.453 bits per heavy atom. The predicted molar refractivity (Wildman–Crippen MR) is 216 cm³/mol. The summed E-state index contributed by atoms with van der Waals surface area (Å²) in [6.45, 7) is 0. The smallest absolute Gasteiger partial charge is 0.342 e. The molecule has 6 rings (SSSR count). The zero-order valence-corrected chi connectivity index (χ0v) is 31.1. The number of aliphatic carboxylic acids is 1. The Hall–Kier alpha value is -4.57. The molecule has 276 valence electrons. The van der Waals surface area contributed by atoms with Gasteiger partial charge >= 0.3 is 16.1 Å². The van der Waals surface area contributed by atoms with Crippen LogP contribution in [0.25, 0.3) is 0 Å². The molecule has 0 spiro atoms. The highest BCUT2D eigenvalue weighted by Gasteiger charge is 2.49. The van der Waals surface area contributed by atoms with Gasteiger partial charge in [0.2, 0.25) is 0 Å². The van der Waals surface area contributed by atoms with Gasteiger partial charge in [0.15, 0.2) is 11.7 Å². The lowest BCUT2D eigenvalue weighted by molar-refractivity contribution is -0.134. The molecule has 0 aliphatic carbocycles. The van der Waals surface area contributed by atoms with Crippen LogP contribution < -0.4 is 31.8 Å². The lowest BCUT2D eigenvalue weighted by atomic mass is 10.4. The Morgan fingerprint density at radius 3 is 0.811 bits per heavy atom. The van der Waals surface area contributed by atoms with Crippen LogP contribution in [0.15, 0.2) is 182 Å². The van der Waals surface area contributed by atoms with Gasteiger partial charge < -0.3 is 14.2 Å². The van der Waals surface area contributed by atoms with E-state index in [1.165, 1.54) is 0 Å². The second-order valence-corrected chi connectivity index (χ2v) is 21.0. The fourth-order valence-corrected chi connectivity index (χ4v) is 16.5. The molecule has 6 aromatic rings. The molecule has 0 saturated heterocycles. The van der Waals surface area contributed by atoms with Crippen LogP contribution in [0.2, 0.25) is 0 Å². The second-order valence-electron chi connectivity index (χ2n) is 11.3. The van der Waals surface area contributed by atoms with Crippen molar-refractivity contribution in [2.75, 3.05) is 11.7 Å². The molecule has 6 aromatic carbocycles. The maximum Gasteiger partial charge on any atom is 0.342 e. The third-order valence-electron chi connectivity index (χ3n) is 7.91. The molecule has 0 aliphatic rings. The lowest BCUT2D eigenvalue weighted by Gasteiger charge is -2.26. The monoisotopic (exact) mass is 790 g/mol. The summed E-state index contributed by atoms with van der Waals surface area (Å²) in [6, 6.07) is 58.9. The molecular weight excluding hydrogens is 751 g/mol. The normalized spacial score (nSPS) is 11.4. The van der Waals surface area contributed by atoms with Crippen molar-refractivity contribution in [1.82, 2.24) is 0 Å². The molecule has 9 nitrogen and oxygen atoms in total. The average Bonchev–Trinajstić information content (AvgIpc) is 3.14. The molecule has 53 heavy (non-hydrogen) atoms. The van der Waals surface area contributed by atoms with E-state index in [1.807, 2.05) is 146 Å². The number of hydrogen-bond donors (Lipinski definition) is 2. The first kappa shape index (κ1) is 42.8. The van der Waals surface area contributed by atoms with Crippen molar-refractivity contribution in [3.63, 3.8) is 0 Å². The first-order chi connectivity index (χ1) is 24.8. The standard InChI is InChI=1S/C20H17O2P.C19H17O3PS.CH4.H2O4S/c21-20(22)16-23(17-10-4-1-5-11-17,18-12-6-2-7-13-18)19-14-8-3-9-15-19;20-24(21,22)16-23(17-10-4-1-5-11-17,18-12-6-2-7-13-18)19-14-8-3-9-15-19;;1-5(2,3)4/h1-15H,16H2;1-15H,16H2;1H4;(H2,1,2,3,4). The number of rotatable bonds is 10. The van der Waals surface area contributed by atoms with Crippen LogP contribution >= 0.6 is 14.5 Å². The zero-order valence-electron chi connectivity index (χ0n) is 27.7. The van der Waals surface area contributed by atoms with Crippen molar-refractivity contribution >= 4 is 72.8 Å². The van der Waals surface area contributed by atoms with Crippen molar-refractivity contribution in [3.05, 3.63) is 182 Å². The molecule has 0 amide bonds. The van der Waals surface area contributed by atoms with Gasteiger partial charge in [0, 0.05) is 10.4 Å². The van der Waals surface area contributed by atoms with E-state index in [0.717, 1.165) is 31.8 Å². The van der Waals surface area contributed by atoms with Gasteiger partial charge in [-0.3, -0.25) is 13.0 Å². The van der Waals surface area contributed by atoms with Crippen molar-refractivity contribution < 1.29 is 40.4 Å². The molecule has 0 atom stereocenters. The molecule has 0 heterocycles. The van der Waals surface area contributed by atoms with Gasteiger partial charge in [-0.05, 0) is 72.8 Å². The third-order valence-corrected chi connectivity index (χ3v) is 18.6. The highest BCUT2D eigenvalue weighted by Crippen LogP contribution is 2.56. The first-order valence-electron chi connectivity index (χ1n) is 15.7. The summed E-state index contributed by atoms with van der Waals surface area (Å²) in [4.78, 5) is 11.8. The van der Waals surface area contributed by atoms with Gasteiger partial charge in [0.05, 0.1) is 0 Å². The number of carboxylic acid groups (broad SMARTS) is 1. The minimum atomic E-state index is -5.17. The van der Waals surface area contributed by atoms with Crippen LogP contribution in [0.3, 0.4) is 0 Å². The Kier molecular flexibility index (Phi) is 15.8. The van der Waals surface area contributed by atoms with E-state index in [1.54, 1.807) is 0 Å². The van der Waals surface area contributed by atoms with Gasteiger partial charge in [0.1, 0.15) is 46.4 Å². The summed E-state index contributed by atoms with van der Waals surface area (Å²) < 4.78 is 67.7. The number of hydrogen-bond acceptors (Lipinski definition) is 7. The SMILES string of the molecule is C.O=C(O)C[P+](c1ccccc1)(c1ccccc1)c1ccccc1.O=S(=O)(O)C[P+](c1ccccc1)(c1ccccc1)c1ccccc1.O=S(=O)([O-])[O-]. The van der Waals surface area contributed by atoms with Crippen LogP contribution in [0, 0.1) is 0 Å². The Labute approximate surface area is 313 Å². The number of benzene rings is 6. The second kappa shape index (κ2) is 19.5. The van der Waals surface area contributed by atoms with E-state index in [4.69, 9.17) is 17.5 Å². The highest BCUT2D eigenvalue weighted by molar-refractivity contribution is 8.07. The first-order valence-corrected chi connectivity index (χ1v) is 22.6. The van der Waals surface area contributed by atoms with Gasteiger partial charge in [0.25, 0.3) is 0 Å². The zero-order chi connectivity index (χ0) is 37.7. The summed E-state index contributed by atoms with van der Waals surface area (Å²) in [5.74, 6) is -0.769. The Bertz CT molecular complexity index is 2010. The summed E-state index contributed by atoms with van der Waals surface area (Å²) in [6.07, 6.45) is 0.116. The van der Waals surface area contributed by atoms with E-state index >= 15 is 0 Å². The van der Waals surface area contributed by atoms with Gasteiger partial charge in [-0.15, -0.1) is 0 Å². The highest BCUT2D eigenvalue weighted by atomic mass is 32.3. The molecule has 0 aromatic heterocycles. The molecule has 0 aliphatic heterocycles. The van der Waals surface area contributed by atoms with Crippen LogP contribution in [-0.2, 0) is 25.3 Å².